The van der Waals surface area contributed by atoms with Crippen LogP contribution >= 0.6 is 11.6 Å². The number of benzene rings is 1. The summed E-state index contributed by atoms with van der Waals surface area (Å²) in [6, 6.07) is 8.73. The molecule has 0 radical (unpaired) electrons. The first kappa shape index (κ1) is 14.9. The first-order chi connectivity index (χ1) is 10.7. The lowest BCUT2D eigenvalue weighted by atomic mass is 10.1. The Morgan fingerprint density at radius 2 is 1.95 bits per heavy atom. The van der Waals surface area contributed by atoms with Crippen LogP contribution in [0.3, 0.4) is 0 Å². The number of carbonyl (C=O) groups is 1. The molecule has 116 valence electrons. The van der Waals surface area contributed by atoms with E-state index in [0.29, 0.717) is 29.8 Å². The van der Waals surface area contributed by atoms with Crippen molar-refractivity contribution in [3.8, 4) is 11.3 Å². The van der Waals surface area contributed by atoms with E-state index in [0.717, 1.165) is 18.4 Å². The summed E-state index contributed by atoms with van der Waals surface area (Å²) >= 11 is 5.85. The predicted molar refractivity (Wildman–Crippen MR) is 82.9 cm³/mol. The molecule has 1 fully saturated rings. The number of urea groups is 1. The number of hydrogen-bond acceptors (Lipinski definition) is 4. The molecule has 2 aromatic rings. The van der Waals surface area contributed by atoms with Crippen molar-refractivity contribution in [2.75, 3.05) is 18.5 Å². The number of halogens is 1. The SMILES string of the molecule is O=C(Nc1cc(-c2ccc(Cl)cc2)no1)NC1CCOCC1. The van der Waals surface area contributed by atoms with E-state index in [9.17, 15) is 4.79 Å². The minimum atomic E-state index is -0.300. The average molecular weight is 322 g/mol. The Balaban J connectivity index is 1.59. The van der Waals surface area contributed by atoms with Crippen molar-refractivity contribution in [1.82, 2.24) is 10.5 Å². The number of amides is 2. The molecule has 1 saturated heterocycles. The average Bonchev–Trinajstić information content (AvgIpc) is 2.97. The van der Waals surface area contributed by atoms with Crippen molar-refractivity contribution in [2.45, 2.75) is 18.9 Å². The first-order valence-electron chi connectivity index (χ1n) is 7.08. The second kappa shape index (κ2) is 6.81. The van der Waals surface area contributed by atoms with Gasteiger partial charge >= 0.3 is 6.03 Å². The molecule has 2 heterocycles. The fraction of sp³-hybridized carbons (Fsp3) is 0.333. The minimum Gasteiger partial charge on any atom is -0.381 e. The van der Waals surface area contributed by atoms with Gasteiger partial charge in [-0.3, -0.25) is 5.32 Å². The van der Waals surface area contributed by atoms with Gasteiger partial charge < -0.3 is 14.6 Å². The molecular weight excluding hydrogens is 306 g/mol. The van der Waals surface area contributed by atoms with Crippen LogP contribution in [0, 0.1) is 0 Å². The van der Waals surface area contributed by atoms with Gasteiger partial charge in [-0.2, -0.15) is 0 Å². The highest BCUT2D eigenvalue weighted by Gasteiger charge is 2.17. The lowest BCUT2D eigenvalue weighted by molar-refractivity contribution is 0.0806. The van der Waals surface area contributed by atoms with Gasteiger partial charge in [0.1, 0.15) is 5.69 Å². The lowest BCUT2D eigenvalue weighted by Gasteiger charge is -2.22. The van der Waals surface area contributed by atoms with Gasteiger partial charge in [0, 0.05) is 35.9 Å². The molecule has 3 rings (SSSR count). The maximum Gasteiger partial charge on any atom is 0.321 e. The van der Waals surface area contributed by atoms with E-state index < -0.39 is 0 Å². The van der Waals surface area contributed by atoms with E-state index in [4.69, 9.17) is 20.9 Å². The first-order valence-corrected chi connectivity index (χ1v) is 7.46. The Bertz CT molecular complexity index is 636. The number of hydrogen-bond donors (Lipinski definition) is 2. The third-order valence-electron chi connectivity index (χ3n) is 3.44. The second-order valence-electron chi connectivity index (χ2n) is 5.07. The summed E-state index contributed by atoms with van der Waals surface area (Å²) in [5.41, 5.74) is 1.50. The predicted octanol–water partition coefficient (Wildman–Crippen LogP) is 3.30. The molecule has 2 N–H and O–H groups in total. The van der Waals surface area contributed by atoms with Crippen molar-refractivity contribution < 1.29 is 14.1 Å². The third-order valence-corrected chi connectivity index (χ3v) is 3.70. The van der Waals surface area contributed by atoms with Crippen LogP contribution in [0.5, 0.6) is 0 Å². The van der Waals surface area contributed by atoms with Crippen molar-refractivity contribution in [3.63, 3.8) is 0 Å². The number of nitrogens with one attached hydrogen (secondary N) is 2. The van der Waals surface area contributed by atoms with Crippen LogP contribution < -0.4 is 10.6 Å². The van der Waals surface area contributed by atoms with Crippen molar-refractivity contribution >= 4 is 23.5 Å². The highest BCUT2D eigenvalue weighted by molar-refractivity contribution is 6.30. The molecule has 0 aliphatic carbocycles. The van der Waals surface area contributed by atoms with Crippen LogP contribution in [0.15, 0.2) is 34.9 Å². The van der Waals surface area contributed by atoms with Crippen LogP contribution in [0.2, 0.25) is 5.02 Å². The van der Waals surface area contributed by atoms with Gasteiger partial charge in [0.2, 0.25) is 5.88 Å². The second-order valence-corrected chi connectivity index (χ2v) is 5.50. The molecule has 1 aliphatic rings. The number of ether oxygens (including phenoxy) is 1. The minimum absolute atomic E-state index is 0.132. The van der Waals surface area contributed by atoms with Crippen molar-refractivity contribution in [3.05, 3.63) is 35.4 Å². The summed E-state index contributed by atoms with van der Waals surface area (Å²) in [6.45, 7) is 1.35. The maximum atomic E-state index is 11.9. The van der Waals surface area contributed by atoms with Crippen LogP contribution in [0.4, 0.5) is 10.7 Å². The number of carbonyl (C=O) groups excluding carboxylic acids is 1. The van der Waals surface area contributed by atoms with E-state index in [1.165, 1.54) is 0 Å². The Hall–Kier alpha value is -2.05. The van der Waals surface area contributed by atoms with E-state index in [-0.39, 0.29) is 12.1 Å². The topological polar surface area (TPSA) is 76.4 Å². The molecule has 22 heavy (non-hydrogen) atoms. The van der Waals surface area contributed by atoms with Crippen LogP contribution in [0.1, 0.15) is 12.8 Å². The summed E-state index contributed by atoms with van der Waals surface area (Å²) in [5, 5.41) is 10.1. The number of anilines is 1. The third kappa shape index (κ3) is 3.78. The molecule has 0 spiro atoms. The maximum absolute atomic E-state index is 11.9. The van der Waals surface area contributed by atoms with Crippen LogP contribution in [0.25, 0.3) is 11.3 Å². The Morgan fingerprint density at radius 1 is 1.23 bits per heavy atom. The van der Waals surface area contributed by atoms with E-state index >= 15 is 0 Å². The van der Waals surface area contributed by atoms with Gasteiger partial charge in [-0.25, -0.2) is 4.79 Å². The molecule has 0 saturated carbocycles. The molecule has 0 atom stereocenters. The molecule has 0 bridgehead atoms. The highest BCUT2D eigenvalue weighted by atomic mass is 35.5. The molecule has 7 heteroatoms. The normalized spacial score (nSPS) is 15.5. The fourth-order valence-electron chi connectivity index (χ4n) is 2.27. The molecule has 2 amide bonds. The Labute approximate surface area is 132 Å². The summed E-state index contributed by atoms with van der Waals surface area (Å²) in [6.07, 6.45) is 1.64. The largest absolute Gasteiger partial charge is 0.381 e. The number of nitrogens with zero attached hydrogens (tertiary/aromatic N) is 1. The van der Waals surface area contributed by atoms with Crippen molar-refractivity contribution in [2.24, 2.45) is 0 Å². The molecule has 6 nitrogen and oxygen atoms in total. The smallest absolute Gasteiger partial charge is 0.321 e. The van der Waals surface area contributed by atoms with E-state index in [1.54, 1.807) is 18.2 Å². The van der Waals surface area contributed by atoms with E-state index in [1.807, 2.05) is 12.1 Å². The lowest BCUT2D eigenvalue weighted by Crippen LogP contribution is -2.41. The zero-order valence-electron chi connectivity index (χ0n) is 11.8. The van der Waals surface area contributed by atoms with Crippen LogP contribution in [-0.4, -0.2) is 30.4 Å². The fourth-order valence-corrected chi connectivity index (χ4v) is 2.39. The molecule has 1 aliphatic heterocycles. The zero-order chi connectivity index (χ0) is 15.4. The molecule has 0 unspecified atom stereocenters. The molecule has 1 aromatic carbocycles. The van der Waals surface area contributed by atoms with Gasteiger partial charge in [0.25, 0.3) is 0 Å². The van der Waals surface area contributed by atoms with Gasteiger partial charge in [-0.1, -0.05) is 28.9 Å². The van der Waals surface area contributed by atoms with Gasteiger partial charge in [0.05, 0.1) is 0 Å². The monoisotopic (exact) mass is 321 g/mol. The number of aromatic nitrogens is 1. The quantitative estimate of drug-likeness (QED) is 0.909. The summed E-state index contributed by atoms with van der Waals surface area (Å²) < 4.78 is 10.4. The molecular formula is C15H16ClN3O3. The summed E-state index contributed by atoms with van der Waals surface area (Å²) in [5.74, 6) is 0.300. The van der Waals surface area contributed by atoms with Crippen LogP contribution in [-0.2, 0) is 4.74 Å². The van der Waals surface area contributed by atoms with Gasteiger partial charge in [0.15, 0.2) is 0 Å². The Morgan fingerprint density at radius 3 is 2.68 bits per heavy atom. The molecule has 1 aromatic heterocycles. The summed E-state index contributed by atoms with van der Waals surface area (Å²) in [4.78, 5) is 11.9. The van der Waals surface area contributed by atoms with Crippen molar-refractivity contribution in [1.29, 1.82) is 0 Å². The Kier molecular flexibility index (Phi) is 4.60. The van der Waals surface area contributed by atoms with Gasteiger partial charge in [-0.05, 0) is 25.0 Å². The zero-order valence-corrected chi connectivity index (χ0v) is 12.6. The number of rotatable bonds is 3. The standard InChI is InChI=1S/C15H16ClN3O3/c16-11-3-1-10(2-4-11)13-9-14(22-19-13)18-15(20)17-12-5-7-21-8-6-12/h1-4,9,12H,5-8H2,(H2,17,18,20). The van der Waals surface area contributed by atoms with Gasteiger partial charge in [-0.15, -0.1) is 0 Å². The summed E-state index contributed by atoms with van der Waals surface area (Å²) in [7, 11) is 0. The highest BCUT2D eigenvalue weighted by Crippen LogP contribution is 2.23. The van der Waals surface area contributed by atoms with E-state index in [2.05, 4.69) is 15.8 Å².